The molecule has 0 aliphatic carbocycles. The van der Waals surface area contributed by atoms with Gasteiger partial charge < -0.3 is 19.1 Å². The van der Waals surface area contributed by atoms with Gasteiger partial charge in [0.05, 0.1) is 19.1 Å². The van der Waals surface area contributed by atoms with Gasteiger partial charge in [-0.3, -0.25) is 10.0 Å². The molecule has 3 rings (SSSR count). The van der Waals surface area contributed by atoms with E-state index in [-0.39, 0.29) is 48.3 Å². The zero-order valence-corrected chi connectivity index (χ0v) is 18.9. The largest absolute Gasteiger partial charge is 0.573 e. The van der Waals surface area contributed by atoms with Gasteiger partial charge in [-0.25, -0.2) is 13.9 Å². The standard InChI is InChI=1S/C20H22F3N3O7S/c1-31-15-7-8-16(17(18(15)32-2)19(27)24-28)34(29,30)26-11-9-25(10-12-26)13-3-5-14(6-4-13)33-20(21,22)23/h3-8,28H,9-12H2,1-2H3,(H,24,27). The predicted octanol–water partition coefficient (Wildman–Crippen LogP) is 2.23. The molecule has 2 aromatic carbocycles. The molecular weight excluding hydrogens is 483 g/mol. The maximum Gasteiger partial charge on any atom is 0.573 e. The first-order valence-corrected chi connectivity index (χ1v) is 11.3. The van der Waals surface area contributed by atoms with Crippen molar-refractivity contribution in [2.45, 2.75) is 11.3 Å². The normalized spacial score (nSPS) is 15.1. The number of anilines is 1. The Kier molecular flexibility index (Phi) is 7.43. The van der Waals surface area contributed by atoms with Gasteiger partial charge in [0.1, 0.15) is 11.3 Å². The number of nitrogens with one attached hydrogen (secondary N) is 1. The lowest BCUT2D eigenvalue weighted by Gasteiger charge is -2.35. The van der Waals surface area contributed by atoms with Crippen LogP contribution in [-0.2, 0) is 10.0 Å². The van der Waals surface area contributed by atoms with Gasteiger partial charge in [0.25, 0.3) is 5.91 Å². The van der Waals surface area contributed by atoms with Crippen LogP contribution in [0.5, 0.6) is 17.2 Å². The number of alkyl halides is 3. The van der Waals surface area contributed by atoms with Crippen LogP contribution < -0.4 is 24.6 Å². The number of ether oxygens (including phenoxy) is 3. The average Bonchev–Trinajstić information content (AvgIpc) is 2.82. The van der Waals surface area contributed by atoms with Crippen molar-refractivity contribution in [3.63, 3.8) is 0 Å². The SMILES string of the molecule is COc1ccc(S(=O)(=O)N2CCN(c3ccc(OC(F)(F)F)cc3)CC2)c(C(=O)NO)c1OC. The van der Waals surface area contributed by atoms with Gasteiger partial charge in [0.15, 0.2) is 11.5 Å². The van der Waals surface area contributed by atoms with E-state index in [1.807, 2.05) is 0 Å². The van der Waals surface area contributed by atoms with Crippen LogP contribution in [-0.4, -0.2) is 70.6 Å². The first-order valence-electron chi connectivity index (χ1n) is 9.82. The second-order valence-electron chi connectivity index (χ2n) is 7.05. The Bertz CT molecular complexity index is 1130. The number of hydrogen-bond donors (Lipinski definition) is 2. The van der Waals surface area contributed by atoms with Gasteiger partial charge in [-0.15, -0.1) is 13.2 Å². The van der Waals surface area contributed by atoms with E-state index >= 15 is 0 Å². The monoisotopic (exact) mass is 505 g/mol. The summed E-state index contributed by atoms with van der Waals surface area (Å²) in [6, 6.07) is 7.77. The second-order valence-corrected chi connectivity index (χ2v) is 8.95. The lowest BCUT2D eigenvalue weighted by atomic mass is 10.1. The molecule has 1 aliphatic rings. The Morgan fingerprint density at radius 2 is 1.62 bits per heavy atom. The highest BCUT2D eigenvalue weighted by Crippen LogP contribution is 2.37. The van der Waals surface area contributed by atoms with Crippen molar-refractivity contribution in [1.82, 2.24) is 9.79 Å². The van der Waals surface area contributed by atoms with Crippen molar-refractivity contribution in [3.8, 4) is 17.2 Å². The molecular formula is C20H22F3N3O7S. The van der Waals surface area contributed by atoms with Gasteiger partial charge >= 0.3 is 6.36 Å². The molecule has 1 amide bonds. The highest BCUT2D eigenvalue weighted by atomic mass is 32.2. The highest BCUT2D eigenvalue weighted by molar-refractivity contribution is 7.89. The van der Waals surface area contributed by atoms with Crippen LogP contribution in [0.25, 0.3) is 0 Å². The number of amides is 1. The molecule has 0 unspecified atom stereocenters. The van der Waals surface area contributed by atoms with Crippen LogP contribution in [0.15, 0.2) is 41.3 Å². The van der Waals surface area contributed by atoms with Crippen molar-refractivity contribution >= 4 is 21.6 Å². The maximum absolute atomic E-state index is 13.3. The van der Waals surface area contributed by atoms with Crippen molar-refractivity contribution in [1.29, 1.82) is 0 Å². The minimum atomic E-state index is -4.79. The Morgan fingerprint density at radius 3 is 2.12 bits per heavy atom. The molecule has 0 radical (unpaired) electrons. The Morgan fingerprint density at radius 1 is 1.00 bits per heavy atom. The number of sulfonamides is 1. The number of carbonyl (C=O) groups is 1. The van der Waals surface area contributed by atoms with Crippen LogP contribution in [0, 0.1) is 0 Å². The number of hydrogen-bond acceptors (Lipinski definition) is 8. The summed E-state index contributed by atoms with van der Waals surface area (Å²) in [7, 11) is -1.64. The van der Waals surface area contributed by atoms with Crippen LogP contribution in [0.3, 0.4) is 0 Å². The number of methoxy groups -OCH3 is 2. The van der Waals surface area contributed by atoms with Gasteiger partial charge in [0.2, 0.25) is 10.0 Å². The number of rotatable bonds is 7. The number of hydroxylamine groups is 1. The van der Waals surface area contributed by atoms with E-state index in [9.17, 15) is 26.4 Å². The number of carbonyl (C=O) groups excluding carboxylic acids is 1. The van der Waals surface area contributed by atoms with E-state index < -0.39 is 27.9 Å². The van der Waals surface area contributed by atoms with Gasteiger partial charge in [-0.05, 0) is 36.4 Å². The molecule has 2 N–H and O–H groups in total. The highest BCUT2D eigenvalue weighted by Gasteiger charge is 2.35. The number of halogens is 3. The van der Waals surface area contributed by atoms with E-state index in [1.165, 1.54) is 60.4 Å². The van der Waals surface area contributed by atoms with Crippen LogP contribution in [0.1, 0.15) is 10.4 Å². The first-order chi connectivity index (χ1) is 16.0. The minimum Gasteiger partial charge on any atom is -0.493 e. The summed E-state index contributed by atoms with van der Waals surface area (Å²) in [5.74, 6) is -1.51. The predicted molar refractivity (Wildman–Crippen MR) is 113 cm³/mol. The van der Waals surface area contributed by atoms with Crippen molar-refractivity contribution < 1.29 is 45.8 Å². The average molecular weight is 505 g/mol. The summed E-state index contributed by atoms with van der Waals surface area (Å²) < 4.78 is 79.0. The summed E-state index contributed by atoms with van der Waals surface area (Å²) in [5.41, 5.74) is 1.61. The number of nitrogens with zero attached hydrogens (tertiary/aromatic N) is 2. The fraction of sp³-hybridized carbons (Fsp3) is 0.350. The van der Waals surface area contributed by atoms with Crippen LogP contribution in [0.2, 0.25) is 0 Å². The molecule has 34 heavy (non-hydrogen) atoms. The molecule has 14 heteroatoms. The molecule has 186 valence electrons. The van der Waals surface area contributed by atoms with Crippen LogP contribution in [0.4, 0.5) is 18.9 Å². The molecule has 0 aromatic heterocycles. The Labute approximate surface area is 193 Å². The Balaban J connectivity index is 1.81. The molecule has 0 saturated carbocycles. The molecule has 1 saturated heterocycles. The Hall–Kier alpha value is -3.23. The van der Waals surface area contributed by atoms with E-state index in [0.717, 1.165) is 0 Å². The van der Waals surface area contributed by atoms with Gasteiger partial charge in [-0.1, -0.05) is 0 Å². The smallest absolute Gasteiger partial charge is 0.493 e. The maximum atomic E-state index is 13.3. The molecule has 1 heterocycles. The lowest BCUT2D eigenvalue weighted by Crippen LogP contribution is -2.49. The van der Waals surface area contributed by atoms with Crippen molar-refractivity contribution in [2.24, 2.45) is 0 Å². The molecule has 0 atom stereocenters. The number of benzene rings is 2. The van der Waals surface area contributed by atoms with Gasteiger partial charge in [-0.2, -0.15) is 4.31 Å². The van der Waals surface area contributed by atoms with Crippen molar-refractivity contribution in [2.75, 3.05) is 45.3 Å². The summed E-state index contributed by atoms with van der Waals surface area (Å²) in [6.07, 6.45) is -4.79. The summed E-state index contributed by atoms with van der Waals surface area (Å²) in [6.45, 7) is 0.566. The van der Waals surface area contributed by atoms with Crippen molar-refractivity contribution in [3.05, 3.63) is 42.0 Å². The van der Waals surface area contributed by atoms with Gasteiger partial charge in [0, 0.05) is 31.9 Å². The summed E-state index contributed by atoms with van der Waals surface area (Å²) in [5, 5.41) is 9.13. The third-order valence-corrected chi connectivity index (χ3v) is 7.07. The summed E-state index contributed by atoms with van der Waals surface area (Å²) in [4.78, 5) is 13.7. The fourth-order valence-corrected chi connectivity index (χ4v) is 5.18. The minimum absolute atomic E-state index is 0.0393. The quantitative estimate of drug-likeness (QED) is 0.435. The first kappa shape index (κ1) is 25.4. The molecule has 0 bridgehead atoms. The topological polar surface area (TPSA) is 118 Å². The molecule has 10 nitrogen and oxygen atoms in total. The zero-order valence-electron chi connectivity index (χ0n) is 18.1. The van der Waals surface area contributed by atoms with E-state index in [2.05, 4.69) is 4.74 Å². The number of piperazine rings is 1. The van der Waals surface area contributed by atoms with E-state index in [1.54, 1.807) is 4.90 Å². The zero-order chi connectivity index (χ0) is 25.1. The molecule has 1 aliphatic heterocycles. The fourth-order valence-electron chi connectivity index (χ4n) is 3.58. The third kappa shape index (κ3) is 5.29. The molecule has 0 spiro atoms. The second kappa shape index (κ2) is 9.95. The third-order valence-electron chi connectivity index (χ3n) is 5.13. The van der Waals surface area contributed by atoms with E-state index in [0.29, 0.717) is 5.69 Å². The van der Waals surface area contributed by atoms with Crippen LogP contribution >= 0.6 is 0 Å². The van der Waals surface area contributed by atoms with E-state index in [4.69, 9.17) is 14.7 Å². The summed E-state index contributed by atoms with van der Waals surface area (Å²) >= 11 is 0. The lowest BCUT2D eigenvalue weighted by molar-refractivity contribution is -0.274. The molecule has 2 aromatic rings. The molecule has 1 fully saturated rings.